The zero-order chi connectivity index (χ0) is 20.3. The van der Waals surface area contributed by atoms with E-state index in [2.05, 4.69) is 15.4 Å². The molecule has 0 aliphatic carbocycles. The number of aromatic nitrogens is 3. The summed E-state index contributed by atoms with van der Waals surface area (Å²) in [6, 6.07) is 8.63. The number of nitriles is 1. The van der Waals surface area contributed by atoms with Gasteiger partial charge in [-0.25, -0.2) is 9.67 Å². The van der Waals surface area contributed by atoms with Crippen molar-refractivity contribution >= 4 is 11.6 Å². The van der Waals surface area contributed by atoms with Gasteiger partial charge in [-0.2, -0.15) is 27.9 Å². The highest BCUT2D eigenvalue weighted by Crippen LogP contribution is 2.33. The molecular formula is C18H11F4N5O. The molecule has 28 heavy (non-hydrogen) atoms. The monoisotopic (exact) mass is 389 g/mol. The molecule has 0 saturated heterocycles. The molecule has 0 radical (unpaired) electrons. The molecule has 0 bridgehead atoms. The SMILES string of the molecule is N#Cc1ccc(-n2ccc(CC(=O)Nc3ccc(F)nc3)n2)cc1C(F)(F)F. The van der Waals surface area contributed by atoms with Gasteiger partial charge >= 0.3 is 6.18 Å². The number of hydrogen-bond donors (Lipinski definition) is 1. The summed E-state index contributed by atoms with van der Waals surface area (Å²) >= 11 is 0. The number of carbonyl (C=O) groups excluding carboxylic acids is 1. The first-order valence-electron chi connectivity index (χ1n) is 7.84. The van der Waals surface area contributed by atoms with Crippen molar-refractivity contribution in [3.8, 4) is 11.8 Å². The number of rotatable bonds is 4. The number of halogens is 4. The molecule has 10 heteroatoms. The predicted octanol–water partition coefficient (Wildman–Crippen LogP) is 3.48. The number of amides is 1. The van der Waals surface area contributed by atoms with Gasteiger partial charge < -0.3 is 5.32 Å². The second-order valence-electron chi connectivity index (χ2n) is 5.69. The average molecular weight is 389 g/mol. The summed E-state index contributed by atoms with van der Waals surface area (Å²) in [6.07, 6.45) is -2.27. The maximum Gasteiger partial charge on any atom is 0.417 e. The normalized spacial score (nSPS) is 11.1. The third kappa shape index (κ3) is 4.32. The molecule has 1 N–H and O–H groups in total. The zero-order valence-corrected chi connectivity index (χ0v) is 14.0. The van der Waals surface area contributed by atoms with Gasteiger partial charge in [0.1, 0.15) is 0 Å². The van der Waals surface area contributed by atoms with E-state index in [0.717, 1.165) is 24.4 Å². The third-order valence-electron chi connectivity index (χ3n) is 3.69. The summed E-state index contributed by atoms with van der Waals surface area (Å²) in [5, 5.41) is 15.4. The number of nitrogens with zero attached hydrogens (tertiary/aromatic N) is 4. The van der Waals surface area contributed by atoms with Crippen molar-refractivity contribution in [2.45, 2.75) is 12.6 Å². The van der Waals surface area contributed by atoms with Gasteiger partial charge in [0.05, 0.1) is 46.9 Å². The number of hydrogen-bond acceptors (Lipinski definition) is 4. The van der Waals surface area contributed by atoms with Gasteiger partial charge in [-0.1, -0.05) is 0 Å². The second-order valence-corrected chi connectivity index (χ2v) is 5.69. The third-order valence-corrected chi connectivity index (χ3v) is 3.69. The molecule has 0 aliphatic rings. The fraction of sp³-hybridized carbons (Fsp3) is 0.111. The summed E-state index contributed by atoms with van der Waals surface area (Å²) in [5.74, 6) is -1.13. The van der Waals surface area contributed by atoms with Crippen LogP contribution in [-0.4, -0.2) is 20.7 Å². The van der Waals surface area contributed by atoms with Crippen molar-refractivity contribution in [2.75, 3.05) is 5.32 Å². The summed E-state index contributed by atoms with van der Waals surface area (Å²) in [6.45, 7) is 0. The second kappa shape index (κ2) is 7.48. The number of alkyl halides is 3. The van der Waals surface area contributed by atoms with E-state index in [9.17, 15) is 22.4 Å². The average Bonchev–Trinajstić information content (AvgIpc) is 3.10. The summed E-state index contributed by atoms with van der Waals surface area (Å²) < 4.78 is 53.2. The van der Waals surface area contributed by atoms with Crippen LogP contribution in [0.2, 0.25) is 0 Å². The van der Waals surface area contributed by atoms with Crippen LogP contribution in [0.5, 0.6) is 0 Å². The van der Waals surface area contributed by atoms with E-state index in [1.165, 1.54) is 35.1 Å². The molecule has 2 heterocycles. The van der Waals surface area contributed by atoms with E-state index in [4.69, 9.17) is 5.26 Å². The van der Waals surface area contributed by atoms with Gasteiger partial charge in [0.25, 0.3) is 0 Å². The number of nitrogens with one attached hydrogen (secondary N) is 1. The van der Waals surface area contributed by atoms with Crippen molar-refractivity contribution < 1.29 is 22.4 Å². The van der Waals surface area contributed by atoms with E-state index in [0.29, 0.717) is 11.4 Å². The summed E-state index contributed by atoms with van der Waals surface area (Å²) in [5.41, 5.74) is -0.846. The Balaban J connectivity index is 1.76. The quantitative estimate of drug-likeness (QED) is 0.547. The van der Waals surface area contributed by atoms with Crippen molar-refractivity contribution in [3.63, 3.8) is 0 Å². The largest absolute Gasteiger partial charge is 0.417 e. The molecule has 142 valence electrons. The van der Waals surface area contributed by atoms with E-state index in [1.807, 2.05) is 0 Å². The van der Waals surface area contributed by atoms with Crippen LogP contribution in [0.25, 0.3) is 5.69 Å². The number of pyridine rings is 1. The van der Waals surface area contributed by atoms with Gasteiger partial charge in [0, 0.05) is 6.20 Å². The maximum atomic E-state index is 13.1. The van der Waals surface area contributed by atoms with E-state index < -0.39 is 29.2 Å². The maximum absolute atomic E-state index is 13.1. The van der Waals surface area contributed by atoms with Crippen molar-refractivity contribution in [3.05, 3.63) is 71.6 Å². The predicted molar refractivity (Wildman–Crippen MR) is 89.8 cm³/mol. The molecule has 2 aromatic heterocycles. The molecule has 3 rings (SSSR count). The van der Waals surface area contributed by atoms with Gasteiger partial charge in [-0.15, -0.1) is 0 Å². The topological polar surface area (TPSA) is 83.6 Å². The Morgan fingerprint density at radius 3 is 2.64 bits per heavy atom. The van der Waals surface area contributed by atoms with Crippen LogP contribution < -0.4 is 5.32 Å². The highest BCUT2D eigenvalue weighted by atomic mass is 19.4. The lowest BCUT2D eigenvalue weighted by atomic mass is 10.1. The minimum absolute atomic E-state index is 0.0979. The molecule has 6 nitrogen and oxygen atoms in total. The van der Waals surface area contributed by atoms with E-state index in [1.54, 1.807) is 0 Å². The van der Waals surface area contributed by atoms with Gasteiger partial charge in [-0.3, -0.25) is 4.79 Å². The van der Waals surface area contributed by atoms with Gasteiger partial charge in [-0.05, 0) is 36.4 Å². The first kappa shape index (κ1) is 19.0. The van der Waals surface area contributed by atoms with Crippen molar-refractivity contribution in [2.24, 2.45) is 0 Å². The first-order chi connectivity index (χ1) is 13.3. The Morgan fingerprint density at radius 2 is 2.00 bits per heavy atom. The lowest BCUT2D eigenvalue weighted by molar-refractivity contribution is -0.137. The molecular weight excluding hydrogens is 378 g/mol. The van der Waals surface area contributed by atoms with Crippen LogP contribution >= 0.6 is 0 Å². The first-order valence-corrected chi connectivity index (χ1v) is 7.84. The minimum Gasteiger partial charge on any atom is -0.324 e. The molecule has 0 fully saturated rings. The molecule has 0 unspecified atom stereocenters. The summed E-state index contributed by atoms with van der Waals surface area (Å²) in [7, 11) is 0. The number of anilines is 1. The lowest BCUT2D eigenvalue weighted by Crippen LogP contribution is -2.15. The molecule has 0 aliphatic heterocycles. The van der Waals surface area contributed by atoms with Crippen LogP contribution in [0.1, 0.15) is 16.8 Å². The Hall–Kier alpha value is -3.74. The van der Waals surface area contributed by atoms with Crippen LogP contribution in [-0.2, 0) is 17.4 Å². The minimum atomic E-state index is -4.68. The number of carbonyl (C=O) groups is 1. The molecule has 0 atom stereocenters. The van der Waals surface area contributed by atoms with Crippen LogP contribution in [0, 0.1) is 17.3 Å². The molecule has 0 saturated carbocycles. The Labute approximate surface area is 156 Å². The molecule has 1 aromatic carbocycles. The lowest BCUT2D eigenvalue weighted by Gasteiger charge is -2.10. The Kier molecular flexibility index (Phi) is 5.08. The van der Waals surface area contributed by atoms with Crippen molar-refractivity contribution in [1.29, 1.82) is 5.26 Å². The van der Waals surface area contributed by atoms with E-state index >= 15 is 0 Å². The number of benzene rings is 1. The van der Waals surface area contributed by atoms with E-state index in [-0.39, 0.29) is 12.1 Å². The highest BCUT2D eigenvalue weighted by molar-refractivity contribution is 5.91. The van der Waals surface area contributed by atoms with Gasteiger partial charge in [0.15, 0.2) is 0 Å². The molecule has 1 amide bonds. The van der Waals surface area contributed by atoms with Crippen LogP contribution in [0.15, 0.2) is 48.8 Å². The fourth-order valence-corrected chi connectivity index (χ4v) is 2.43. The molecule has 0 spiro atoms. The Bertz CT molecular complexity index is 1050. The standard InChI is InChI=1S/C18H11F4N5O/c19-16-4-2-13(10-24-16)25-17(28)7-12-5-6-27(26-12)14-3-1-11(9-23)15(8-14)18(20,21)22/h1-6,8,10H,7H2,(H,25,28). The van der Waals surface area contributed by atoms with Gasteiger partial charge in [0.2, 0.25) is 11.9 Å². The smallest absolute Gasteiger partial charge is 0.324 e. The summed E-state index contributed by atoms with van der Waals surface area (Å²) in [4.78, 5) is 15.4. The molecule has 3 aromatic rings. The van der Waals surface area contributed by atoms with Crippen LogP contribution in [0.3, 0.4) is 0 Å². The van der Waals surface area contributed by atoms with Crippen LogP contribution in [0.4, 0.5) is 23.2 Å². The Morgan fingerprint density at radius 1 is 1.21 bits per heavy atom. The van der Waals surface area contributed by atoms with Crippen molar-refractivity contribution in [1.82, 2.24) is 14.8 Å². The zero-order valence-electron chi connectivity index (χ0n) is 14.0. The fourth-order valence-electron chi connectivity index (χ4n) is 2.43. The highest BCUT2D eigenvalue weighted by Gasteiger charge is 2.34.